The van der Waals surface area contributed by atoms with Crippen molar-refractivity contribution in [3.63, 3.8) is 0 Å². The predicted molar refractivity (Wildman–Crippen MR) is 98.5 cm³/mol. The first kappa shape index (κ1) is 18.2. The zero-order valence-corrected chi connectivity index (χ0v) is 15.1. The molecule has 0 aliphatic rings. The molecule has 6 nitrogen and oxygen atoms in total. The van der Waals surface area contributed by atoms with Crippen LogP contribution in [0.4, 0.5) is 24.8 Å². The molecular weight excluding hydrogens is 393 g/mol. The lowest BCUT2D eigenvalue weighted by Crippen LogP contribution is -2.07. The average Bonchev–Trinajstić information content (AvgIpc) is 3.05. The van der Waals surface area contributed by atoms with Gasteiger partial charge in [-0.1, -0.05) is 11.6 Å². The van der Waals surface area contributed by atoms with Gasteiger partial charge in [0.05, 0.1) is 34.2 Å². The van der Waals surface area contributed by atoms with Gasteiger partial charge in [0.2, 0.25) is 5.95 Å². The summed E-state index contributed by atoms with van der Waals surface area (Å²) in [5.41, 5.74) is 2.25. The minimum absolute atomic E-state index is 0.146. The number of nitrogens with zero attached hydrogens (tertiary/aromatic N) is 5. The first-order valence-electron chi connectivity index (χ1n) is 8.09. The van der Waals surface area contributed by atoms with Crippen molar-refractivity contribution in [1.29, 1.82) is 0 Å². The summed E-state index contributed by atoms with van der Waals surface area (Å²) in [5, 5.41) is 10.8. The summed E-state index contributed by atoms with van der Waals surface area (Å²) >= 11 is 5.65. The second-order valence-electron chi connectivity index (χ2n) is 6.05. The maximum atomic E-state index is 13.0. The number of halogens is 4. The average molecular weight is 405 g/mol. The molecule has 142 valence electrons. The summed E-state index contributed by atoms with van der Waals surface area (Å²) in [6, 6.07) is 7.13. The third kappa shape index (κ3) is 3.48. The maximum Gasteiger partial charge on any atom is 0.417 e. The van der Waals surface area contributed by atoms with E-state index in [1.165, 1.54) is 23.0 Å². The van der Waals surface area contributed by atoms with E-state index in [2.05, 4.69) is 25.5 Å². The van der Waals surface area contributed by atoms with Crippen LogP contribution >= 0.6 is 11.6 Å². The second-order valence-corrected chi connectivity index (χ2v) is 6.46. The topological polar surface area (TPSA) is 68.0 Å². The molecule has 0 radical (unpaired) electrons. The number of fused-ring (bicyclic) bond motifs is 1. The number of hydrogen-bond acceptors (Lipinski definition) is 5. The van der Waals surface area contributed by atoms with E-state index in [9.17, 15) is 13.2 Å². The first-order valence-corrected chi connectivity index (χ1v) is 8.47. The van der Waals surface area contributed by atoms with E-state index >= 15 is 0 Å². The molecule has 0 saturated heterocycles. The number of rotatable bonds is 3. The van der Waals surface area contributed by atoms with Crippen LogP contribution < -0.4 is 5.32 Å². The molecule has 10 heteroatoms. The van der Waals surface area contributed by atoms with Gasteiger partial charge in [0, 0.05) is 17.4 Å². The van der Waals surface area contributed by atoms with Gasteiger partial charge < -0.3 is 5.32 Å². The van der Waals surface area contributed by atoms with Crippen LogP contribution in [0.3, 0.4) is 0 Å². The van der Waals surface area contributed by atoms with Crippen molar-refractivity contribution < 1.29 is 13.2 Å². The Labute approximate surface area is 162 Å². The molecule has 0 aliphatic carbocycles. The molecule has 1 N–H and O–H groups in total. The van der Waals surface area contributed by atoms with Crippen LogP contribution in [0.2, 0.25) is 5.02 Å². The van der Waals surface area contributed by atoms with Gasteiger partial charge in [-0.2, -0.15) is 28.0 Å². The molecule has 0 saturated carbocycles. The Morgan fingerprint density at radius 2 is 1.86 bits per heavy atom. The molecule has 1 aromatic carbocycles. The van der Waals surface area contributed by atoms with Gasteiger partial charge in [0.1, 0.15) is 0 Å². The highest BCUT2D eigenvalue weighted by Crippen LogP contribution is 2.36. The van der Waals surface area contributed by atoms with Crippen LogP contribution in [-0.2, 0) is 6.18 Å². The zero-order valence-electron chi connectivity index (χ0n) is 14.4. The molecule has 28 heavy (non-hydrogen) atoms. The normalized spacial score (nSPS) is 11.8. The van der Waals surface area contributed by atoms with Crippen LogP contribution in [-0.4, -0.2) is 24.8 Å². The van der Waals surface area contributed by atoms with E-state index in [-0.39, 0.29) is 16.7 Å². The number of alkyl halides is 3. The Morgan fingerprint density at radius 1 is 1.07 bits per heavy atom. The fourth-order valence-electron chi connectivity index (χ4n) is 2.69. The van der Waals surface area contributed by atoms with Crippen molar-refractivity contribution in [3.8, 4) is 11.3 Å². The van der Waals surface area contributed by atoms with Gasteiger partial charge in [0.15, 0.2) is 0 Å². The van der Waals surface area contributed by atoms with Gasteiger partial charge in [-0.05, 0) is 42.8 Å². The minimum atomic E-state index is -4.56. The lowest BCUT2D eigenvalue weighted by molar-refractivity contribution is -0.137. The van der Waals surface area contributed by atoms with E-state index in [1.54, 1.807) is 18.5 Å². The van der Waals surface area contributed by atoms with Gasteiger partial charge in [-0.3, -0.25) is 0 Å². The van der Waals surface area contributed by atoms with Crippen molar-refractivity contribution in [1.82, 2.24) is 24.8 Å². The van der Waals surface area contributed by atoms with E-state index in [0.29, 0.717) is 5.69 Å². The summed E-state index contributed by atoms with van der Waals surface area (Å²) in [4.78, 5) is 8.46. The number of aryl methyl sites for hydroxylation is 1. The summed E-state index contributed by atoms with van der Waals surface area (Å²) in [5.74, 6) is 0.146. The van der Waals surface area contributed by atoms with Gasteiger partial charge in [-0.25, -0.2) is 9.97 Å². The molecule has 0 unspecified atom stereocenters. The monoisotopic (exact) mass is 404 g/mol. The Morgan fingerprint density at radius 3 is 2.64 bits per heavy atom. The van der Waals surface area contributed by atoms with Gasteiger partial charge >= 0.3 is 6.18 Å². The van der Waals surface area contributed by atoms with E-state index in [4.69, 9.17) is 11.6 Å². The number of hydrogen-bond donors (Lipinski definition) is 1. The molecule has 0 spiro atoms. The number of anilines is 2. The largest absolute Gasteiger partial charge is 0.417 e. The Hall–Kier alpha value is -3.20. The molecule has 3 heterocycles. The minimum Gasteiger partial charge on any atom is -0.324 e. The maximum absolute atomic E-state index is 13.0. The fourth-order valence-corrected chi connectivity index (χ4v) is 2.92. The van der Waals surface area contributed by atoms with Crippen LogP contribution in [0, 0.1) is 6.92 Å². The zero-order chi connectivity index (χ0) is 19.9. The second kappa shape index (κ2) is 6.75. The Bertz CT molecular complexity index is 1170. The van der Waals surface area contributed by atoms with Crippen LogP contribution in [0.25, 0.3) is 16.8 Å². The molecule has 0 fully saturated rings. The summed E-state index contributed by atoms with van der Waals surface area (Å²) < 4.78 is 40.6. The fraction of sp³-hybridized carbons (Fsp3) is 0.111. The number of nitrogens with one attached hydrogen (secondary N) is 1. The highest BCUT2D eigenvalue weighted by atomic mass is 35.5. The Balaban J connectivity index is 1.69. The summed E-state index contributed by atoms with van der Waals surface area (Å²) in [6.07, 6.45) is 0.269. The molecule has 0 atom stereocenters. The van der Waals surface area contributed by atoms with Crippen molar-refractivity contribution in [2.75, 3.05) is 5.32 Å². The molecule has 0 bridgehead atoms. The first-order chi connectivity index (χ1) is 13.3. The SMILES string of the molecule is Cc1cnn2ncc(-c3ccnc(Nc4ccc(Cl)c(C(F)(F)F)c4)n3)c2c1. The molecule has 0 aliphatic heterocycles. The molecule has 3 aromatic heterocycles. The van der Waals surface area contributed by atoms with Gasteiger partial charge in [0.25, 0.3) is 0 Å². The third-order valence-corrected chi connectivity index (χ3v) is 4.31. The van der Waals surface area contributed by atoms with E-state index in [0.717, 1.165) is 22.7 Å². The lowest BCUT2D eigenvalue weighted by Gasteiger charge is -2.12. The van der Waals surface area contributed by atoms with E-state index < -0.39 is 11.7 Å². The predicted octanol–water partition coefficient (Wildman–Crippen LogP) is 4.91. The lowest BCUT2D eigenvalue weighted by atomic mass is 10.2. The smallest absolute Gasteiger partial charge is 0.324 e. The van der Waals surface area contributed by atoms with Crippen molar-refractivity contribution in [2.45, 2.75) is 13.1 Å². The number of benzene rings is 1. The van der Waals surface area contributed by atoms with Crippen molar-refractivity contribution in [2.24, 2.45) is 0 Å². The highest BCUT2D eigenvalue weighted by molar-refractivity contribution is 6.31. The number of aromatic nitrogens is 5. The van der Waals surface area contributed by atoms with E-state index in [1.807, 2.05) is 13.0 Å². The molecule has 0 amide bonds. The summed E-state index contributed by atoms with van der Waals surface area (Å²) in [6.45, 7) is 1.91. The third-order valence-electron chi connectivity index (χ3n) is 3.98. The summed E-state index contributed by atoms with van der Waals surface area (Å²) in [7, 11) is 0. The van der Waals surface area contributed by atoms with Crippen LogP contribution in [0.15, 0.2) is 48.9 Å². The van der Waals surface area contributed by atoms with Crippen molar-refractivity contribution in [3.05, 3.63) is 65.1 Å². The standard InChI is InChI=1S/C18H12ClF3N6/c1-10-6-16-12(9-25-28(16)24-8-10)15-4-5-23-17(27-15)26-11-2-3-14(19)13(7-11)18(20,21)22/h2-9H,1H3,(H,23,26,27). The molecule has 4 rings (SSSR count). The molecular formula is C18H12ClF3N6. The van der Waals surface area contributed by atoms with Gasteiger partial charge in [-0.15, -0.1) is 0 Å². The van der Waals surface area contributed by atoms with Crippen LogP contribution in [0.1, 0.15) is 11.1 Å². The highest BCUT2D eigenvalue weighted by Gasteiger charge is 2.33. The molecule has 4 aromatic rings. The quantitative estimate of drug-likeness (QED) is 0.525. The van der Waals surface area contributed by atoms with Crippen LogP contribution in [0.5, 0.6) is 0 Å². The van der Waals surface area contributed by atoms with Crippen molar-refractivity contribution >= 4 is 28.8 Å². The Kier molecular flexibility index (Phi) is 4.38.